The highest BCUT2D eigenvalue weighted by molar-refractivity contribution is 7.99. The molecule has 5 nitrogen and oxygen atoms in total. The van der Waals surface area contributed by atoms with Crippen LogP contribution in [0.2, 0.25) is 0 Å². The molecule has 1 atom stereocenters. The second-order valence-electron chi connectivity index (χ2n) is 4.48. The summed E-state index contributed by atoms with van der Waals surface area (Å²) in [5.41, 5.74) is 0.724. The highest BCUT2D eigenvalue weighted by Gasteiger charge is 2.15. The van der Waals surface area contributed by atoms with Gasteiger partial charge in [0.15, 0.2) is 0 Å². The van der Waals surface area contributed by atoms with E-state index in [0.717, 1.165) is 6.54 Å². The predicted octanol–water partition coefficient (Wildman–Crippen LogP) is 3.00. The molecule has 2 rings (SSSR count). The molecule has 0 amide bonds. The van der Waals surface area contributed by atoms with E-state index in [-0.39, 0.29) is 10.6 Å². The molecule has 1 aliphatic heterocycles. The molecule has 6 heteroatoms. The maximum atomic E-state index is 10.8. The molecule has 1 N–H and O–H groups in total. The molecule has 1 saturated heterocycles. The van der Waals surface area contributed by atoms with Crippen molar-refractivity contribution < 1.29 is 4.92 Å². The van der Waals surface area contributed by atoms with Gasteiger partial charge in [0.25, 0.3) is 5.69 Å². The van der Waals surface area contributed by atoms with Crippen LogP contribution >= 0.6 is 11.8 Å². The van der Waals surface area contributed by atoms with E-state index in [9.17, 15) is 10.1 Å². The number of rotatable bonds is 4. The fraction of sp³-hybridized carbons (Fsp3) is 0.583. The van der Waals surface area contributed by atoms with Gasteiger partial charge in [-0.25, -0.2) is 4.98 Å². The van der Waals surface area contributed by atoms with Crippen LogP contribution in [0.4, 0.5) is 11.5 Å². The number of nitrogens with zero attached hydrogens (tertiary/aromatic N) is 2. The predicted molar refractivity (Wildman–Crippen MR) is 74.2 cm³/mol. The van der Waals surface area contributed by atoms with Crippen LogP contribution in [0.25, 0.3) is 0 Å². The molecule has 0 aliphatic carbocycles. The van der Waals surface area contributed by atoms with Crippen LogP contribution in [0, 0.1) is 17.0 Å². The smallest absolute Gasteiger partial charge is 0.277 e. The monoisotopic (exact) mass is 267 g/mol. The zero-order valence-electron chi connectivity index (χ0n) is 10.4. The minimum Gasteiger partial charge on any atom is -0.369 e. The minimum atomic E-state index is -0.364. The first-order chi connectivity index (χ1) is 8.66. The lowest BCUT2D eigenvalue weighted by Crippen LogP contribution is -2.20. The minimum absolute atomic E-state index is 0.129. The lowest BCUT2D eigenvalue weighted by atomic mass is 10.2. The van der Waals surface area contributed by atoms with Gasteiger partial charge in [0, 0.05) is 23.6 Å². The van der Waals surface area contributed by atoms with E-state index >= 15 is 0 Å². The van der Waals surface area contributed by atoms with E-state index in [4.69, 9.17) is 0 Å². The van der Waals surface area contributed by atoms with Gasteiger partial charge >= 0.3 is 0 Å². The van der Waals surface area contributed by atoms with Gasteiger partial charge in [-0.1, -0.05) is 6.42 Å². The molecular weight excluding hydrogens is 250 g/mol. The summed E-state index contributed by atoms with van der Waals surface area (Å²) < 4.78 is 0. The SMILES string of the molecule is Cc1cnc(NCC2CCCCS2)cc1[N+](=O)[O-]. The van der Waals surface area contributed by atoms with Crippen LogP contribution in [0.5, 0.6) is 0 Å². The number of aryl methyl sites for hydroxylation is 1. The van der Waals surface area contributed by atoms with Crippen molar-refractivity contribution in [2.24, 2.45) is 0 Å². The molecule has 1 aromatic heterocycles. The standard InChI is InChI=1S/C12H17N3O2S/c1-9-7-13-12(6-11(9)15(16)17)14-8-10-4-2-3-5-18-10/h6-7,10H,2-5,8H2,1H3,(H,13,14). The van der Waals surface area contributed by atoms with Crippen LogP contribution in [0.15, 0.2) is 12.3 Å². The first-order valence-corrected chi connectivity index (χ1v) is 7.18. The van der Waals surface area contributed by atoms with Gasteiger partial charge in [-0.2, -0.15) is 11.8 Å². The summed E-state index contributed by atoms with van der Waals surface area (Å²) in [6.45, 7) is 2.53. The van der Waals surface area contributed by atoms with E-state index < -0.39 is 0 Å². The number of hydrogen-bond acceptors (Lipinski definition) is 5. The Morgan fingerprint density at radius 1 is 1.61 bits per heavy atom. The molecule has 0 saturated carbocycles. The lowest BCUT2D eigenvalue weighted by Gasteiger charge is -2.21. The van der Waals surface area contributed by atoms with Crippen molar-refractivity contribution in [2.45, 2.75) is 31.4 Å². The summed E-state index contributed by atoms with van der Waals surface area (Å²) in [5, 5.41) is 14.6. The Morgan fingerprint density at radius 3 is 3.11 bits per heavy atom. The molecule has 0 spiro atoms. The van der Waals surface area contributed by atoms with Gasteiger partial charge < -0.3 is 5.32 Å². The number of aromatic nitrogens is 1. The fourth-order valence-corrected chi connectivity index (χ4v) is 3.23. The van der Waals surface area contributed by atoms with Crippen molar-refractivity contribution in [2.75, 3.05) is 17.6 Å². The molecule has 98 valence electrons. The highest BCUT2D eigenvalue weighted by Crippen LogP contribution is 2.26. The summed E-state index contributed by atoms with van der Waals surface area (Å²) in [7, 11) is 0. The van der Waals surface area contributed by atoms with Gasteiger partial charge in [-0.05, 0) is 25.5 Å². The molecule has 18 heavy (non-hydrogen) atoms. The van der Waals surface area contributed by atoms with Crippen LogP contribution in [0.3, 0.4) is 0 Å². The number of anilines is 1. The second-order valence-corrected chi connectivity index (χ2v) is 5.89. The summed E-state index contributed by atoms with van der Waals surface area (Å²) >= 11 is 1.97. The Morgan fingerprint density at radius 2 is 2.44 bits per heavy atom. The van der Waals surface area contributed by atoms with Crippen molar-refractivity contribution in [1.29, 1.82) is 0 Å². The quantitative estimate of drug-likeness (QED) is 0.671. The molecule has 0 aromatic carbocycles. The number of nitrogens with one attached hydrogen (secondary N) is 1. The number of nitro groups is 1. The second kappa shape index (κ2) is 6.04. The summed E-state index contributed by atoms with van der Waals surface area (Å²) in [5.74, 6) is 1.81. The Hall–Kier alpha value is -1.30. The van der Waals surface area contributed by atoms with Crippen molar-refractivity contribution in [3.63, 3.8) is 0 Å². The van der Waals surface area contributed by atoms with E-state index in [1.54, 1.807) is 13.1 Å². The van der Waals surface area contributed by atoms with Gasteiger partial charge in [0.05, 0.1) is 11.0 Å². The van der Waals surface area contributed by atoms with Crippen LogP contribution in [0.1, 0.15) is 24.8 Å². The summed E-state index contributed by atoms with van der Waals surface area (Å²) in [4.78, 5) is 14.6. The number of hydrogen-bond donors (Lipinski definition) is 1. The average molecular weight is 267 g/mol. The van der Waals surface area contributed by atoms with Crippen molar-refractivity contribution in [1.82, 2.24) is 4.98 Å². The van der Waals surface area contributed by atoms with Gasteiger partial charge in [0.2, 0.25) is 0 Å². The summed E-state index contributed by atoms with van der Waals surface area (Å²) in [6.07, 6.45) is 5.34. The Balaban J connectivity index is 1.96. The topological polar surface area (TPSA) is 68.1 Å². The maximum Gasteiger partial charge on any atom is 0.277 e. The molecule has 1 aromatic rings. The number of pyridine rings is 1. The van der Waals surface area contributed by atoms with Crippen molar-refractivity contribution >= 4 is 23.3 Å². The average Bonchev–Trinajstić information content (AvgIpc) is 2.38. The summed E-state index contributed by atoms with van der Waals surface area (Å²) in [6, 6.07) is 1.52. The van der Waals surface area contributed by atoms with Crippen LogP contribution in [-0.2, 0) is 0 Å². The first kappa shape index (κ1) is 13.1. The zero-order valence-corrected chi connectivity index (χ0v) is 11.2. The third-order valence-corrected chi connectivity index (χ3v) is 4.45. The highest BCUT2D eigenvalue weighted by atomic mass is 32.2. The van der Waals surface area contributed by atoms with E-state index in [0.29, 0.717) is 16.6 Å². The Kier molecular flexibility index (Phi) is 4.41. The molecule has 1 unspecified atom stereocenters. The van der Waals surface area contributed by atoms with Crippen LogP contribution < -0.4 is 5.32 Å². The zero-order chi connectivity index (χ0) is 13.0. The fourth-order valence-electron chi connectivity index (χ4n) is 1.99. The van der Waals surface area contributed by atoms with Gasteiger partial charge in [-0.3, -0.25) is 10.1 Å². The van der Waals surface area contributed by atoms with E-state index in [2.05, 4.69) is 10.3 Å². The largest absolute Gasteiger partial charge is 0.369 e. The molecule has 2 heterocycles. The normalized spacial score (nSPS) is 19.5. The van der Waals surface area contributed by atoms with Crippen molar-refractivity contribution in [3.8, 4) is 0 Å². The van der Waals surface area contributed by atoms with Crippen LogP contribution in [-0.4, -0.2) is 27.5 Å². The van der Waals surface area contributed by atoms with Gasteiger partial charge in [-0.15, -0.1) is 0 Å². The first-order valence-electron chi connectivity index (χ1n) is 6.13. The van der Waals surface area contributed by atoms with E-state index in [1.165, 1.54) is 31.1 Å². The molecular formula is C12H17N3O2S. The Bertz CT molecular complexity index is 433. The number of thioether (sulfide) groups is 1. The molecule has 1 fully saturated rings. The van der Waals surface area contributed by atoms with E-state index in [1.807, 2.05) is 11.8 Å². The maximum absolute atomic E-state index is 10.8. The lowest BCUT2D eigenvalue weighted by molar-refractivity contribution is -0.385. The third-order valence-electron chi connectivity index (χ3n) is 3.06. The Labute approximate surface area is 111 Å². The van der Waals surface area contributed by atoms with Gasteiger partial charge in [0.1, 0.15) is 5.82 Å². The van der Waals surface area contributed by atoms with Crippen molar-refractivity contribution in [3.05, 3.63) is 27.9 Å². The molecule has 0 bridgehead atoms. The molecule has 1 aliphatic rings. The molecule has 0 radical (unpaired) electrons. The third kappa shape index (κ3) is 3.35.